The third-order valence-electron chi connectivity index (χ3n) is 3.52. The summed E-state index contributed by atoms with van der Waals surface area (Å²) in [7, 11) is -3.53. The van der Waals surface area contributed by atoms with E-state index in [0.29, 0.717) is 23.6 Å². The van der Waals surface area contributed by atoms with Gasteiger partial charge in [-0.05, 0) is 32.6 Å². The fourth-order valence-corrected chi connectivity index (χ4v) is 5.15. The van der Waals surface area contributed by atoms with E-state index >= 15 is 0 Å². The van der Waals surface area contributed by atoms with E-state index in [9.17, 15) is 8.42 Å². The minimum atomic E-state index is -3.53. The molecule has 2 rings (SSSR count). The molecular formula is C14H22ClNO3S. The van der Waals surface area contributed by atoms with E-state index in [1.165, 1.54) is 0 Å². The second-order valence-corrected chi connectivity index (χ2v) is 7.95. The Hall–Kier alpha value is -0.520. The number of aryl methyl sites for hydroxylation is 2. The van der Waals surface area contributed by atoms with Crippen molar-refractivity contribution in [3.8, 4) is 0 Å². The molecule has 4 nitrogen and oxygen atoms in total. The van der Waals surface area contributed by atoms with Crippen molar-refractivity contribution in [3.63, 3.8) is 0 Å². The van der Waals surface area contributed by atoms with Crippen molar-refractivity contribution < 1.29 is 12.8 Å². The zero-order valence-corrected chi connectivity index (χ0v) is 14.0. The van der Waals surface area contributed by atoms with Crippen molar-refractivity contribution in [1.29, 1.82) is 0 Å². The van der Waals surface area contributed by atoms with Gasteiger partial charge < -0.3 is 4.42 Å². The molecule has 1 saturated carbocycles. The number of rotatable bonds is 6. The third kappa shape index (κ3) is 2.90. The molecule has 6 heteroatoms. The van der Waals surface area contributed by atoms with Crippen LogP contribution < -0.4 is 0 Å². The lowest BCUT2D eigenvalue weighted by Crippen LogP contribution is -2.36. The summed E-state index contributed by atoms with van der Waals surface area (Å²) >= 11 is 5.92. The van der Waals surface area contributed by atoms with Crippen LogP contribution in [0.15, 0.2) is 9.31 Å². The Kier molecular flexibility index (Phi) is 4.52. The first kappa shape index (κ1) is 15.9. The number of halogens is 1. The predicted molar refractivity (Wildman–Crippen MR) is 79.5 cm³/mol. The summed E-state index contributed by atoms with van der Waals surface area (Å²) < 4.78 is 33.1. The monoisotopic (exact) mass is 319 g/mol. The Morgan fingerprint density at radius 1 is 1.30 bits per heavy atom. The van der Waals surface area contributed by atoms with Crippen LogP contribution in [-0.2, 0) is 15.9 Å². The smallest absolute Gasteiger partial charge is 0.247 e. The molecule has 1 aromatic rings. The van der Waals surface area contributed by atoms with Crippen molar-refractivity contribution in [1.82, 2.24) is 4.31 Å². The van der Waals surface area contributed by atoms with Crippen LogP contribution in [0.5, 0.6) is 0 Å². The Balaban J connectivity index is 2.48. The minimum absolute atomic E-state index is 0.139. The molecule has 0 saturated heterocycles. The molecule has 114 valence electrons. The maximum atomic E-state index is 13.0. The van der Waals surface area contributed by atoms with Crippen molar-refractivity contribution in [2.24, 2.45) is 5.92 Å². The lowest BCUT2D eigenvalue weighted by molar-refractivity contribution is 0.359. The van der Waals surface area contributed by atoms with Crippen LogP contribution in [0.3, 0.4) is 0 Å². The van der Waals surface area contributed by atoms with Crippen molar-refractivity contribution in [2.75, 3.05) is 6.54 Å². The van der Waals surface area contributed by atoms with Crippen molar-refractivity contribution in [2.45, 2.75) is 57.4 Å². The second kappa shape index (κ2) is 5.70. The normalized spacial score (nSPS) is 16.4. The molecule has 0 spiro atoms. The summed E-state index contributed by atoms with van der Waals surface area (Å²) in [6.07, 6.45) is 1.88. The Morgan fingerprint density at radius 3 is 2.35 bits per heavy atom. The quantitative estimate of drug-likeness (QED) is 0.755. The van der Waals surface area contributed by atoms with Crippen LogP contribution in [0.1, 0.15) is 43.8 Å². The largest absolute Gasteiger partial charge is 0.465 e. The van der Waals surface area contributed by atoms with E-state index in [4.69, 9.17) is 16.0 Å². The highest BCUT2D eigenvalue weighted by Gasteiger charge is 2.41. The lowest BCUT2D eigenvalue weighted by Gasteiger charge is -2.24. The highest BCUT2D eigenvalue weighted by atomic mass is 35.5. The van der Waals surface area contributed by atoms with Gasteiger partial charge in [-0.15, -0.1) is 11.6 Å². The Bertz CT molecular complexity index is 588. The highest BCUT2D eigenvalue weighted by Crippen LogP contribution is 2.36. The molecule has 0 N–H and O–H groups in total. The molecule has 1 aliphatic rings. The predicted octanol–water partition coefficient (Wildman–Crippen LogP) is 3.44. The van der Waals surface area contributed by atoms with E-state index < -0.39 is 10.0 Å². The molecule has 0 radical (unpaired) electrons. The van der Waals surface area contributed by atoms with Gasteiger partial charge in [-0.2, -0.15) is 4.31 Å². The summed E-state index contributed by atoms with van der Waals surface area (Å²) in [6, 6.07) is 0.139. The van der Waals surface area contributed by atoms with Gasteiger partial charge >= 0.3 is 0 Å². The summed E-state index contributed by atoms with van der Waals surface area (Å²) in [5.41, 5.74) is 0.596. The number of furan rings is 1. The number of sulfonamides is 1. The van der Waals surface area contributed by atoms with Gasteiger partial charge in [0.05, 0.1) is 5.88 Å². The van der Waals surface area contributed by atoms with Gasteiger partial charge in [-0.1, -0.05) is 13.8 Å². The molecule has 1 aromatic heterocycles. The number of nitrogens with zero attached hydrogens (tertiary/aromatic N) is 1. The fourth-order valence-electron chi connectivity index (χ4n) is 2.49. The lowest BCUT2D eigenvalue weighted by atomic mass is 10.2. The second-order valence-electron chi connectivity index (χ2n) is 5.86. The van der Waals surface area contributed by atoms with Crippen LogP contribution in [-0.4, -0.2) is 25.3 Å². The SMILES string of the molecule is Cc1oc(C)c(S(=O)(=O)N(CC(C)C)C2CC2)c1CCl. The average molecular weight is 320 g/mol. The van der Waals surface area contributed by atoms with E-state index in [2.05, 4.69) is 0 Å². The van der Waals surface area contributed by atoms with Gasteiger partial charge in [0, 0.05) is 18.2 Å². The van der Waals surface area contributed by atoms with E-state index in [1.54, 1.807) is 18.2 Å². The van der Waals surface area contributed by atoms with Crippen molar-refractivity contribution >= 4 is 21.6 Å². The van der Waals surface area contributed by atoms with Gasteiger partial charge in [-0.25, -0.2) is 8.42 Å². The number of hydrogen-bond donors (Lipinski definition) is 0. The molecule has 0 unspecified atom stereocenters. The van der Waals surface area contributed by atoms with Crippen LogP contribution >= 0.6 is 11.6 Å². The van der Waals surface area contributed by atoms with Gasteiger partial charge in [0.2, 0.25) is 10.0 Å². The molecule has 0 amide bonds. The Labute approximate surface area is 126 Å². The topological polar surface area (TPSA) is 50.5 Å². The number of hydrogen-bond acceptors (Lipinski definition) is 3. The van der Waals surface area contributed by atoms with E-state index in [-0.39, 0.29) is 22.7 Å². The maximum absolute atomic E-state index is 13.0. The molecule has 0 bridgehead atoms. The first-order valence-electron chi connectivity index (χ1n) is 6.95. The van der Waals surface area contributed by atoms with Crippen molar-refractivity contribution in [3.05, 3.63) is 17.1 Å². The van der Waals surface area contributed by atoms with Gasteiger partial charge in [-0.3, -0.25) is 0 Å². The molecule has 1 heterocycles. The standard InChI is InChI=1S/C14H22ClNO3S/c1-9(2)8-16(12-5-6-12)20(17,18)14-11(4)19-10(3)13(14)7-15/h9,12H,5-8H2,1-4H3. The van der Waals surface area contributed by atoms with Crippen LogP contribution in [0, 0.1) is 19.8 Å². The van der Waals surface area contributed by atoms with Crippen LogP contribution in [0.2, 0.25) is 0 Å². The summed E-state index contributed by atoms with van der Waals surface area (Å²) in [5.74, 6) is 1.47. The summed E-state index contributed by atoms with van der Waals surface area (Å²) in [6.45, 7) is 8.05. The molecule has 1 fully saturated rings. The van der Waals surface area contributed by atoms with E-state index in [1.807, 2.05) is 13.8 Å². The summed E-state index contributed by atoms with van der Waals surface area (Å²) in [5, 5.41) is 0. The van der Waals surface area contributed by atoms with Crippen LogP contribution in [0.25, 0.3) is 0 Å². The third-order valence-corrected chi connectivity index (χ3v) is 5.91. The van der Waals surface area contributed by atoms with Gasteiger partial charge in [0.25, 0.3) is 0 Å². The molecule has 20 heavy (non-hydrogen) atoms. The Morgan fingerprint density at radius 2 is 1.90 bits per heavy atom. The van der Waals surface area contributed by atoms with Gasteiger partial charge in [0.15, 0.2) is 0 Å². The number of alkyl halides is 1. The maximum Gasteiger partial charge on any atom is 0.247 e. The summed E-state index contributed by atoms with van der Waals surface area (Å²) in [4.78, 5) is 0.276. The average Bonchev–Trinajstić information content (AvgIpc) is 3.11. The minimum Gasteiger partial charge on any atom is -0.465 e. The van der Waals surface area contributed by atoms with Gasteiger partial charge in [0.1, 0.15) is 16.4 Å². The zero-order valence-electron chi connectivity index (χ0n) is 12.4. The van der Waals surface area contributed by atoms with Crippen LogP contribution in [0.4, 0.5) is 0 Å². The first-order chi connectivity index (χ1) is 9.28. The fraction of sp³-hybridized carbons (Fsp3) is 0.714. The zero-order chi connectivity index (χ0) is 15.1. The highest BCUT2D eigenvalue weighted by molar-refractivity contribution is 7.89. The molecule has 0 aromatic carbocycles. The first-order valence-corrected chi connectivity index (χ1v) is 8.93. The molecule has 0 atom stereocenters. The molecule has 0 aliphatic heterocycles. The molecular weight excluding hydrogens is 298 g/mol. The van der Waals surface area contributed by atoms with E-state index in [0.717, 1.165) is 12.8 Å². The molecule has 1 aliphatic carbocycles.